The largest absolute Gasteiger partial charge is 0.349 e. The van der Waals surface area contributed by atoms with Crippen LogP contribution < -0.4 is 5.32 Å². The summed E-state index contributed by atoms with van der Waals surface area (Å²) in [5.74, 6) is 0.905. The molecule has 0 aliphatic heterocycles. The second-order valence-corrected chi connectivity index (χ2v) is 6.81. The van der Waals surface area contributed by atoms with Crippen molar-refractivity contribution >= 4 is 5.91 Å². The third-order valence-electron chi connectivity index (χ3n) is 4.04. The highest BCUT2D eigenvalue weighted by atomic mass is 16.2. The number of carbonyl (C=O) groups is 1. The SMILES string of the molecule is CC(C)(C)C(=O)NC1CCCc2c1cnn2-c1ccccn1. The van der Waals surface area contributed by atoms with Crippen LogP contribution in [-0.4, -0.2) is 20.7 Å². The number of hydrogen-bond acceptors (Lipinski definition) is 3. The molecule has 116 valence electrons. The zero-order valence-corrected chi connectivity index (χ0v) is 13.3. The fourth-order valence-electron chi connectivity index (χ4n) is 2.76. The average Bonchev–Trinajstić information content (AvgIpc) is 2.92. The molecule has 1 atom stereocenters. The maximum Gasteiger partial charge on any atom is 0.225 e. The lowest BCUT2D eigenvalue weighted by Crippen LogP contribution is -2.38. The van der Waals surface area contributed by atoms with E-state index in [1.807, 2.05) is 49.8 Å². The highest BCUT2D eigenvalue weighted by Crippen LogP contribution is 2.31. The van der Waals surface area contributed by atoms with Crippen molar-refractivity contribution in [2.24, 2.45) is 5.41 Å². The number of rotatable bonds is 2. The van der Waals surface area contributed by atoms with Gasteiger partial charge in [-0.15, -0.1) is 0 Å². The third-order valence-corrected chi connectivity index (χ3v) is 4.04. The number of nitrogens with one attached hydrogen (secondary N) is 1. The molecule has 1 aliphatic rings. The second-order valence-electron chi connectivity index (χ2n) is 6.81. The normalized spacial score (nSPS) is 17.9. The van der Waals surface area contributed by atoms with E-state index in [1.54, 1.807) is 6.20 Å². The van der Waals surface area contributed by atoms with Gasteiger partial charge >= 0.3 is 0 Å². The molecule has 0 bridgehead atoms. The Hall–Kier alpha value is -2.17. The molecule has 1 amide bonds. The summed E-state index contributed by atoms with van der Waals surface area (Å²) >= 11 is 0. The van der Waals surface area contributed by atoms with E-state index in [0.29, 0.717) is 0 Å². The monoisotopic (exact) mass is 298 g/mol. The molecule has 5 heteroatoms. The van der Waals surface area contributed by atoms with Crippen molar-refractivity contribution in [2.75, 3.05) is 0 Å². The fraction of sp³-hybridized carbons (Fsp3) is 0.471. The second kappa shape index (κ2) is 5.55. The van der Waals surface area contributed by atoms with Crippen molar-refractivity contribution in [1.29, 1.82) is 0 Å². The number of pyridine rings is 1. The molecular weight excluding hydrogens is 276 g/mol. The standard InChI is InChI=1S/C17H22N4O/c1-17(2,3)16(22)20-13-7-6-8-14-12(13)11-19-21(14)15-9-4-5-10-18-15/h4-5,9-11,13H,6-8H2,1-3H3,(H,20,22). The molecule has 0 fully saturated rings. The van der Waals surface area contributed by atoms with Gasteiger partial charge in [-0.2, -0.15) is 5.10 Å². The Morgan fingerprint density at radius 1 is 1.36 bits per heavy atom. The fourth-order valence-corrected chi connectivity index (χ4v) is 2.76. The summed E-state index contributed by atoms with van der Waals surface area (Å²) in [5, 5.41) is 7.66. The summed E-state index contributed by atoms with van der Waals surface area (Å²) < 4.78 is 1.89. The first-order valence-electron chi connectivity index (χ1n) is 7.76. The number of aromatic nitrogens is 3. The lowest BCUT2D eigenvalue weighted by Gasteiger charge is -2.27. The summed E-state index contributed by atoms with van der Waals surface area (Å²) in [6.07, 6.45) is 6.61. The van der Waals surface area contributed by atoms with Crippen molar-refractivity contribution in [3.63, 3.8) is 0 Å². The van der Waals surface area contributed by atoms with Crippen molar-refractivity contribution < 1.29 is 4.79 Å². The Morgan fingerprint density at radius 2 is 2.18 bits per heavy atom. The first-order chi connectivity index (χ1) is 10.5. The topological polar surface area (TPSA) is 59.8 Å². The van der Waals surface area contributed by atoms with E-state index in [2.05, 4.69) is 15.4 Å². The maximum atomic E-state index is 12.3. The van der Waals surface area contributed by atoms with Gasteiger partial charge in [-0.1, -0.05) is 26.8 Å². The summed E-state index contributed by atoms with van der Waals surface area (Å²) in [7, 11) is 0. The molecule has 2 aromatic rings. The lowest BCUT2D eigenvalue weighted by atomic mass is 9.90. The molecule has 0 saturated heterocycles. The first-order valence-corrected chi connectivity index (χ1v) is 7.76. The quantitative estimate of drug-likeness (QED) is 0.927. The van der Waals surface area contributed by atoms with Gasteiger partial charge in [0, 0.05) is 17.2 Å². The molecule has 0 aromatic carbocycles. The molecule has 1 aliphatic carbocycles. The minimum Gasteiger partial charge on any atom is -0.349 e. The van der Waals surface area contributed by atoms with Gasteiger partial charge < -0.3 is 5.32 Å². The Kier molecular flexibility index (Phi) is 3.72. The Bertz CT molecular complexity index is 670. The van der Waals surface area contributed by atoms with Crippen LogP contribution in [0.25, 0.3) is 5.82 Å². The van der Waals surface area contributed by atoms with Crippen LogP contribution in [-0.2, 0) is 11.2 Å². The minimum atomic E-state index is -0.380. The number of amides is 1. The van der Waals surface area contributed by atoms with E-state index in [9.17, 15) is 4.79 Å². The van der Waals surface area contributed by atoms with Crippen LogP contribution in [0, 0.1) is 5.41 Å². The van der Waals surface area contributed by atoms with Gasteiger partial charge in [-0.05, 0) is 31.4 Å². The maximum absolute atomic E-state index is 12.3. The van der Waals surface area contributed by atoms with E-state index < -0.39 is 0 Å². The first kappa shape index (κ1) is 14.8. The van der Waals surface area contributed by atoms with Crippen LogP contribution in [0.3, 0.4) is 0 Å². The van der Waals surface area contributed by atoms with Gasteiger partial charge in [-0.25, -0.2) is 9.67 Å². The van der Waals surface area contributed by atoms with Gasteiger partial charge in [0.25, 0.3) is 0 Å². The van der Waals surface area contributed by atoms with Gasteiger partial charge in [-0.3, -0.25) is 4.79 Å². The summed E-state index contributed by atoms with van der Waals surface area (Å²) in [6, 6.07) is 5.85. The van der Waals surface area contributed by atoms with Crippen LogP contribution in [0.1, 0.15) is 50.9 Å². The zero-order chi connectivity index (χ0) is 15.7. The zero-order valence-electron chi connectivity index (χ0n) is 13.3. The van der Waals surface area contributed by atoms with Gasteiger partial charge in [0.2, 0.25) is 5.91 Å². The number of nitrogens with zero attached hydrogens (tertiary/aromatic N) is 3. The number of carbonyl (C=O) groups excluding carboxylic acids is 1. The van der Waals surface area contributed by atoms with Crippen LogP contribution in [0.4, 0.5) is 0 Å². The van der Waals surface area contributed by atoms with Gasteiger partial charge in [0.1, 0.15) is 0 Å². The predicted molar refractivity (Wildman–Crippen MR) is 84.6 cm³/mol. The summed E-state index contributed by atoms with van der Waals surface area (Å²) in [6.45, 7) is 5.80. The third kappa shape index (κ3) is 2.75. The van der Waals surface area contributed by atoms with Crippen LogP contribution in [0.5, 0.6) is 0 Å². The molecule has 22 heavy (non-hydrogen) atoms. The molecule has 0 radical (unpaired) electrons. The van der Waals surface area contributed by atoms with Crippen LogP contribution >= 0.6 is 0 Å². The van der Waals surface area contributed by atoms with Crippen molar-refractivity contribution in [3.05, 3.63) is 41.9 Å². The van der Waals surface area contributed by atoms with Gasteiger partial charge in [0.05, 0.1) is 17.9 Å². The number of hydrogen-bond donors (Lipinski definition) is 1. The molecule has 0 saturated carbocycles. The minimum absolute atomic E-state index is 0.0490. The Labute approximate surface area is 130 Å². The van der Waals surface area contributed by atoms with E-state index in [4.69, 9.17) is 0 Å². The Balaban J connectivity index is 1.89. The average molecular weight is 298 g/mol. The molecule has 2 aromatic heterocycles. The summed E-state index contributed by atoms with van der Waals surface area (Å²) in [4.78, 5) is 16.6. The van der Waals surface area contributed by atoms with Crippen LogP contribution in [0.15, 0.2) is 30.6 Å². The highest BCUT2D eigenvalue weighted by molar-refractivity contribution is 5.81. The van der Waals surface area contributed by atoms with Crippen molar-refractivity contribution in [2.45, 2.75) is 46.1 Å². The van der Waals surface area contributed by atoms with Gasteiger partial charge in [0.15, 0.2) is 5.82 Å². The van der Waals surface area contributed by atoms with E-state index in [1.165, 1.54) is 0 Å². The molecule has 3 rings (SSSR count). The molecular formula is C17H22N4O. The molecule has 1 N–H and O–H groups in total. The lowest BCUT2D eigenvalue weighted by molar-refractivity contribution is -0.129. The molecule has 1 unspecified atom stereocenters. The molecule has 2 heterocycles. The Morgan fingerprint density at radius 3 is 2.86 bits per heavy atom. The number of fused-ring (bicyclic) bond motifs is 1. The van der Waals surface area contributed by atoms with E-state index in [0.717, 1.165) is 36.3 Å². The van der Waals surface area contributed by atoms with E-state index >= 15 is 0 Å². The summed E-state index contributed by atoms with van der Waals surface area (Å²) in [5.41, 5.74) is 1.90. The van der Waals surface area contributed by atoms with Crippen molar-refractivity contribution in [3.8, 4) is 5.82 Å². The molecule has 0 spiro atoms. The van der Waals surface area contributed by atoms with E-state index in [-0.39, 0.29) is 17.4 Å². The van der Waals surface area contributed by atoms with Crippen LogP contribution in [0.2, 0.25) is 0 Å². The highest BCUT2D eigenvalue weighted by Gasteiger charge is 2.29. The predicted octanol–water partition coefficient (Wildman–Crippen LogP) is 2.81. The smallest absolute Gasteiger partial charge is 0.225 e. The van der Waals surface area contributed by atoms with Crippen molar-refractivity contribution in [1.82, 2.24) is 20.1 Å². The molecule has 5 nitrogen and oxygen atoms in total.